The molecule has 4 heteroatoms. The molecule has 1 saturated heterocycles. The van der Waals surface area contributed by atoms with E-state index in [2.05, 4.69) is 25.2 Å². The van der Waals surface area contributed by atoms with Gasteiger partial charge in [0.25, 0.3) is 0 Å². The molecule has 0 spiro atoms. The largest absolute Gasteiger partial charge is 0.458 e. The molecule has 0 bridgehead atoms. The number of rotatable bonds is 4. The van der Waals surface area contributed by atoms with Gasteiger partial charge in [0.2, 0.25) is 0 Å². The number of furan rings is 1. The molecule has 1 aliphatic rings. The number of benzene rings is 1. The number of nitrogens with one attached hydrogen (secondary N) is 1. The van der Waals surface area contributed by atoms with Gasteiger partial charge in [-0.1, -0.05) is 30.7 Å². The molecule has 1 aromatic heterocycles. The van der Waals surface area contributed by atoms with Gasteiger partial charge in [0.15, 0.2) is 5.58 Å². The first kappa shape index (κ1) is 14.9. The molecular weight excluding hydrogens is 286 g/mol. The van der Waals surface area contributed by atoms with Crippen LogP contribution < -0.4 is 5.32 Å². The lowest BCUT2D eigenvalue weighted by atomic mass is 9.86. The Morgan fingerprint density at radius 2 is 2.24 bits per heavy atom. The highest BCUT2D eigenvalue weighted by atomic mass is 35.5. The molecule has 1 fully saturated rings. The number of fused-ring (bicyclic) bond motifs is 1. The summed E-state index contributed by atoms with van der Waals surface area (Å²) in [6.45, 7) is 5.97. The second-order valence-corrected chi connectivity index (χ2v) is 6.32. The monoisotopic (exact) mass is 307 g/mol. The van der Waals surface area contributed by atoms with E-state index in [1.165, 1.54) is 6.42 Å². The van der Waals surface area contributed by atoms with Crippen LogP contribution in [0.5, 0.6) is 0 Å². The van der Waals surface area contributed by atoms with Crippen molar-refractivity contribution in [2.75, 3.05) is 13.2 Å². The summed E-state index contributed by atoms with van der Waals surface area (Å²) in [7, 11) is 0. The van der Waals surface area contributed by atoms with E-state index in [9.17, 15) is 0 Å². The summed E-state index contributed by atoms with van der Waals surface area (Å²) < 4.78 is 12.2. The molecule has 1 N–H and O–H groups in total. The fraction of sp³-hybridized carbons (Fsp3) is 0.529. The maximum atomic E-state index is 6.23. The van der Waals surface area contributed by atoms with Crippen LogP contribution in [0.3, 0.4) is 0 Å². The van der Waals surface area contributed by atoms with Crippen LogP contribution in [0, 0.1) is 0 Å². The van der Waals surface area contributed by atoms with Crippen LogP contribution in [0.15, 0.2) is 28.7 Å². The molecule has 2 aromatic rings. The molecule has 0 saturated carbocycles. The summed E-state index contributed by atoms with van der Waals surface area (Å²) in [5, 5.41) is 5.23. The van der Waals surface area contributed by atoms with Crippen LogP contribution in [0.1, 0.15) is 44.9 Å². The van der Waals surface area contributed by atoms with Crippen LogP contribution in [0.4, 0.5) is 0 Å². The van der Waals surface area contributed by atoms with Crippen LogP contribution >= 0.6 is 11.6 Å². The minimum atomic E-state index is -0.228. The van der Waals surface area contributed by atoms with Crippen LogP contribution in [0.2, 0.25) is 5.02 Å². The molecule has 1 aromatic carbocycles. The van der Waals surface area contributed by atoms with Crippen molar-refractivity contribution < 1.29 is 9.15 Å². The standard InChI is InChI=1S/C17H22ClNO2/c1-3-19-16(17(2)9-4-5-10-20-17)14-11-12-7-6-8-13(18)15(12)21-14/h6-8,11,16,19H,3-5,9-10H2,1-2H3. The summed E-state index contributed by atoms with van der Waals surface area (Å²) in [5.74, 6) is 0.907. The number of hydrogen-bond acceptors (Lipinski definition) is 3. The Morgan fingerprint density at radius 1 is 1.38 bits per heavy atom. The number of likely N-dealkylation sites (N-methyl/N-ethyl adjacent to an activating group) is 1. The average Bonchev–Trinajstić information content (AvgIpc) is 2.90. The molecule has 1 aliphatic heterocycles. The van der Waals surface area contributed by atoms with Crippen molar-refractivity contribution in [3.8, 4) is 0 Å². The van der Waals surface area contributed by atoms with Crippen molar-refractivity contribution in [1.29, 1.82) is 0 Å². The van der Waals surface area contributed by atoms with Gasteiger partial charge >= 0.3 is 0 Å². The quantitative estimate of drug-likeness (QED) is 0.889. The van der Waals surface area contributed by atoms with Gasteiger partial charge in [0.1, 0.15) is 5.76 Å². The molecule has 0 amide bonds. The van der Waals surface area contributed by atoms with Crippen molar-refractivity contribution in [3.63, 3.8) is 0 Å². The Morgan fingerprint density at radius 3 is 2.90 bits per heavy atom. The third-order valence-electron chi connectivity index (χ3n) is 4.32. The first-order valence-corrected chi connectivity index (χ1v) is 8.07. The molecule has 3 nitrogen and oxygen atoms in total. The minimum absolute atomic E-state index is 0.0475. The highest BCUT2D eigenvalue weighted by molar-refractivity contribution is 6.34. The van der Waals surface area contributed by atoms with Crippen LogP contribution in [-0.2, 0) is 4.74 Å². The van der Waals surface area contributed by atoms with E-state index < -0.39 is 0 Å². The fourth-order valence-electron chi connectivity index (χ4n) is 3.19. The van der Waals surface area contributed by atoms with Crippen molar-refractivity contribution in [2.24, 2.45) is 0 Å². The van der Waals surface area contributed by atoms with Gasteiger partial charge in [-0.25, -0.2) is 0 Å². The summed E-state index contributed by atoms with van der Waals surface area (Å²) in [6.07, 6.45) is 3.37. The van der Waals surface area contributed by atoms with Crippen molar-refractivity contribution in [2.45, 2.75) is 44.8 Å². The van der Waals surface area contributed by atoms with Gasteiger partial charge in [0, 0.05) is 12.0 Å². The molecule has 2 unspecified atom stereocenters. The Labute approximate surface area is 130 Å². The van der Waals surface area contributed by atoms with Crippen LogP contribution in [-0.4, -0.2) is 18.8 Å². The predicted octanol–water partition coefficient (Wildman–Crippen LogP) is 4.70. The molecule has 3 rings (SSSR count). The third kappa shape index (κ3) is 2.83. The van der Waals surface area contributed by atoms with Crippen molar-refractivity contribution in [3.05, 3.63) is 35.0 Å². The summed E-state index contributed by atoms with van der Waals surface area (Å²) in [6, 6.07) is 7.97. The van der Waals surface area contributed by atoms with Gasteiger partial charge in [-0.15, -0.1) is 0 Å². The zero-order valence-electron chi connectivity index (χ0n) is 12.6. The number of halogens is 1. The molecule has 0 radical (unpaired) electrons. The van der Waals surface area contributed by atoms with Gasteiger partial charge in [-0.3, -0.25) is 0 Å². The number of para-hydroxylation sites is 1. The van der Waals surface area contributed by atoms with Crippen LogP contribution in [0.25, 0.3) is 11.0 Å². The lowest BCUT2D eigenvalue weighted by molar-refractivity contribution is -0.0930. The maximum absolute atomic E-state index is 6.23. The second-order valence-electron chi connectivity index (χ2n) is 5.92. The average molecular weight is 308 g/mol. The van der Waals surface area contributed by atoms with E-state index in [4.69, 9.17) is 20.8 Å². The highest BCUT2D eigenvalue weighted by Gasteiger charge is 2.39. The number of ether oxygens (including phenoxy) is 1. The highest BCUT2D eigenvalue weighted by Crippen LogP contribution is 2.39. The van der Waals surface area contributed by atoms with E-state index >= 15 is 0 Å². The topological polar surface area (TPSA) is 34.4 Å². The smallest absolute Gasteiger partial charge is 0.152 e. The first-order valence-electron chi connectivity index (χ1n) is 7.69. The number of hydrogen-bond donors (Lipinski definition) is 1. The van der Waals surface area contributed by atoms with Gasteiger partial charge in [-0.2, -0.15) is 0 Å². The summed E-state index contributed by atoms with van der Waals surface area (Å²) >= 11 is 6.23. The second kappa shape index (κ2) is 5.99. The molecule has 2 atom stereocenters. The molecule has 114 valence electrons. The van der Waals surface area contributed by atoms with Crippen molar-refractivity contribution >= 4 is 22.6 Å². The first-order chi connectivity index (χ1) is 10.1. The van der Waals surface area contributed by atoms with Gasteiger partial charge in [-0.05, 0) is 44.9 Å². The summed E-state index contributed by atoms with van der Waals surface area (Å²) in [4.78, 5) is 0. The van der Waals surface area contributed by atoms with E-state index in [0.29, 0.717) is 5.02 Å². The Bertz CT molecular complexity index is 616. The normalized spacial score (nSPS) is 24.3. The third-order valence-corrected chi connectivity index (χ3v) is 4.62. The van der Waals surface area contributed by atoms with Crippen molar-refractivity contribution in [1.82, 2.24) is 5.32 Å². The minimum Gasteiger partial charge on any atom is -0.458 e. The lowest BCUT2D eigenvalue weighted by Crippen LogP contribution is -2.45. The Hall–Kier alpha value is -1.03. The van der Waals surface area contributed by atoms with E-state index in [1.54, 1.807) is 0 Å². The van der Waals surface area contributed by atoms with E-state index in [1.807, 2.05) is 18.2 Å². The predicted molar refractivity (Wildman–Crippen MR) is 85.8 cm³/mol. The SMILES string of the molecule is CCNC(c1cc2cccc(Cl)c2o1)C1(C)CCCCO1. The zero-order chi connectivity index (χ0) is 14.9. The molecule has 2 heterocycles. The fourth-order valence-corrected chi connectivity index (χ4v) is 3.41. The Balaban J connectivity index is 2.00. The molecule has 21 heavy (non-hydrogen) atoms. The maximum Gasteiger partial charge on any atom is 0.152 e. The van der Waals surface area contributed by atoms with Gasteiger partial charge in [0.05, 0.1) is 16.7 Å². The lowest BCUT2D eigenvalue weighted by Gasteiger charge is -2.40. The molecular formula is C17H22ClNO2. The zero-order valence-corrected chi connectivity index (χ0v) is 13.4. The van der Waals surface area contributed by atoms with E-state index in [-0.39, 0.29) is 11.6 Å². The molecule has 0 aliphatic carbocycles. The Kier molecular flexibility index (Phi) is 4.25. The summed E-state index contributed by atoms with van der Waals surface area (Å²) in [5.41, 5.74) is 0.533. The van der Waals surface area contributed by atoms with E-state index in [0.717, 1.165) is 42.7 Å². The van der Waals surface area contributed by atoms with Gasteiger partial charge < -0.3 is 14.5 Å².